The first kappa shape index (κ1) is 14.4. The molecule has 1 unspecified atom stereocenters. The Balaban J connectivity index is 2.30. The van der Waals surface area contributed by atoms with Crippen LogP contribution in [0.25, 0.3) is 0 Å². The molecule has 1 atom stereocenters. The van der Waals surface area contributed by atoms with Gasteiger partial charge in [-0.3, -0.25) is 4.98 Å². The fourth-order valence-corrected chi connectivity index (χ4v) is 2.65. The average Bonchev–Trinajstić information content (AvgIpc) is 2.25. The van der Waals surface area contributed by atoms with E-state index in [0.717, 1.165) is 28.6 Å². The van der Waals surface area contributed by atoms with Gasteiger partial charge in [0.15, 0.2) is 0 Å². The van der Waals surface area contributed by atoms with E-state index in [4.69, 9.17) is 0 Å². The lowest BCUT2D eigenvalue weighted by Crippen LogP contribution is -2.12. The van der Waals surface area contributed by atoms with Crippen molar-refractivity contribution in [2.45, 2.75) is 33.7 Å². The van der Waals surface area contributed by atoms with Crippen LogP contribution in [0.5, 0.6) is 0 Å². The molecule has 0 spiro atoms. The first-order valence-corrected chi connectivity index (χ1v) is 6.54. The Bertz CT molecular complexity index is 595. The van der Waals surface area contributed by atoms with Crippen LogP contribution in [0.1, 0.15) is 35.5 Å². The van der Waals surface area contributed by atoms with Crippen molar-refractivity contribution in [2.75, 3.05) is 5.32 Å². The van der Waals surface area contributed by atoms with E-state index in [0.29, 0.717) is 5.69 Å². The molecular formula is C16H18F2N2. The lowest BCUT2D eigenvalue weighted by molar-refractivity contribution is 0.583. The molecule has 0 radical (unpaired) electrons. The van der Waals surface area contributed by atoms with Gasteiger partial charge in [-0.15, -0.1) is 0 Å². The quantitative estimate of drug-likeness (QED) is 0.895. The number of hydrogen-bond donors (Lipinski definition) is 1. The topological polar surface area (TPSA) is 24.9 Å². The van der Waals surface area contributed by atoms with Crippen LogP contribution in [0, 0.1) is 32.4 Å². The number of pyridine rings is 1. The third-order valence-electron chi connectivity index (χ3n) is 3.26. The number of benzene rings is 1. The minimum Gasteiger partial charge on any atom is -0.378 e. The Kier molecular flexibility index (Phi) is 4.02. The second-order valence-electron chi connectivity index (χ2n) is 5.10. The molecule has 2 aromatic rings. The number of hydrogen-bond acceptors (Lipinski definition) is 2. The van der Waals surface area contributed by atoms with Gasteiger partial charge in [-0.2, -0.15) is 0 Å². The van der Waals surface area contributed by atoms with Crippen LogP contribution in [0.2, 0.25) is 0 Å². The summed E-state index contributed by atoms with van der Waals surface area (Å²) in [5.74, 6) is -1.18. The number of anilines is 1. The van der Waals surface area contributed by atoms with Gasteiger partial charge in [0.05, 0.1) is 6.04 Å². The van der Waals surface area contributed by atoms with Crippen molar-refractivity contribution >= 4 is 5.69 Å². The Labute approximate surface area is 117 Å². The maximum Gasteiger partial charge on any atom is 0.128 e. The molecule has 0 bridgehead atoms. The maximum atomic E-state index is 13.2. The Morgan fingerprint density at radius 3 is 2.15 bits per heavy atom. The lowest BCUT2D eigenvalue weighted by Gasteiger charge is -2.20. The maximum absolute atomic E-state index is 13.2. The standard InChI is InChI=1S/C16H18F2N2/c1-9-5-10(2)19-11(3)16(9)12(4)20-15-7-13(17)6-14(18)8-15/h5-8,12,20H,1-4H3. The average molecular weight is 276 g/mol. The van der Waals surface area contributed by atoms with Crippen LogP contribution in [-0.2, 0) is 0 Å². The van der Waals surface area contributed by atoms with Gasteiger partial charge in [0.1, 0.15) is 11.6 Å². The zero-order valence-corrected chi connectivity index (χ0v) is 12.1. The lowest BCUT2D eigenvalue weighted by atomic mass is 10.00. The Morgan fingerprint density at radius 1 is 1.00 bits per heavy atom. The van der Waals surface area contributed by atoms with Gasteiger partial charge in [0.25, 0.3) is 0 Å². The molecule has 1 aromatic heterocycles. The molecule has 1 heterocycles. The van der Waals surface area contributed by atoms with Gasteiger partial charge in [0.2, 0.25) is 0 Å². The first-order valence-electron chi connectivity index (χ1n) is 6.54. The van der Waals surface area contributed by atoms with Gasteiger partial charge < -0.3 is 5.32 Å². The number of halogens is 2. The monoisotopic (exact) mass is 276 g/mol. The zero-order chi connectivity index (χ0) is 14.9. The van der Waals surface area contributed by atoms with Crippen LogP contribution in [0.3, 0.4) is 0 Å². The summed E-state index contributed by atoms with van der Waals surface area (Å²) in [5.41, 5.74) is 4.49. The molecule has 0 fully saturated rings. The number of aryl methyl sites for hydroxylation is 3. The van der Waals surface area contributed by atoms with Crippen molar-refractivity contribution in [3.05, 3.63) is 58.4 Å². The van der Waals surface area contributed by atoms with Crippen LogP contribution >= 0.6 is 0 Å². The zero-order valence-electron chi connectivity index (χ0n) is 12.1. The van der Waals surface area contributed by atoms with Gasteiger partial charge in [-0.25, -0.2) is 8.78 Å². The molecule has 0 saturated carbocycles. The molecular weight excluding hydrogens is 258 g/mol. The fourth-order valence-electron chi connectivity index (χ4n) is 2.65. The highest BCUT2D eigenvalue weighted by molar-refractivity contribution is 5.47. The summed E-state index contributed by atoms with van der Waals surface area (Å²) in [6.07, 6.45) is 0. The SMILES string of the molecule is Cc1cc(C)c(C(C)Nc2cc(F)cc(F)c2)c(C)n1. The Morgan fingerprint density at radius 2 is 1.60 bits per heavy atom. The van der Waals surface area contributed by atoms with Crippen molar-refractivity contribution in [1.29, 1.82) is 0 Å². The molecule has 0 aliphatic rings. The van der Waals surface area contributed by atoms with Crippen molar-refractivity contribution in [1.82, 2.24) is 4.98 Å². The number of rotatable bonds is 3. The second-order valence-corrected chi connectivity index (χ2v) is 5.10. The molecule has 2 rings (SSSR count). The van der Waals surface area contributed by atoms with Gasteiger partial charge in [0, 0.05) is 23.1 Å². The van der Waals surface area contributed by atoms with E-state index < -0.39 is 11.6 Å². The van der Waals surface area contributed by atoms with Crippen LogP contribution in [0.4, 0.5) is 14.5 Å². The smallest absolute Gasteiger partial charge is 0.128 e. The van der Waals surface area contributed by atoms with E-state index in [1.165, 1.54) is 12.1 Å². The van der Waals surface area contributed by atoms with E-state index in [1.54, 1.807) is 0 Å². The molecule has 0 aliphatic heterocycles. The molecule has 0 amide bonds. The van der Waals surface area contributed by atoms with E-state index in [-0.39, 0.29) is 6.04 Å². The largest absolute Gasteiger partial charge is 0.378 e. The molecule has 1 N–H and O–H groups in total. The number of nitrogens with zero attached hydrogens (tertiary/aromatic N) is 1. The van der Waals surface area contributed by atoms with Crippen molar-refractivity contribution in [3.63, 3.8) is 0 Å². The van der Waals surface area contributed by atoms with Gasteiger partial charge in [-0.1, -0.05) is 0 Å². The summed E-state index contributed by atoms with van der Waals surface area (Å²) in [7, 11) is 0. The van der Waals surface area contributed by atoms with Crippen LogP contribution < -0.4 is 5.32 Å². The summed E-state index contributed by atoms with van der Waals surface area (Å²) in [4.78, 5) is 4.44. The molecule has 106 valence electrons. The first-order chi connectivity index (χ1) is 9.36. The molecule has 1 aromatic carbocycles. The molecule has 4 heteroatoms. The van der Waals surface area contributed by atoms with Gasteiger partial charge in [-0.05, 0) is 57.0 Å². The number of nitrogens with one attached hydrogen (secondary N) is 1. The van der Waals surface area contributed by atoms with Gasteiger partial charge >= 0.3 is 0 Å². The third kappa shape index (κ3) is 3.13. The Hall–Kier alpha value is -1.97. The van der Waals surface area contributed by atoms with Crippen molar-refractivity contribution in [2.24, 2.45) is 0 Å². The molecule has 20 heavy (non-hydrogen) atoms. The predicted molar refractivity (Wildman–Crippen MR) is 76.8 cm³/mol. The summed E-state index contributed by atoms with van der Waals surface area (Å²) in [6, 6.07) is 5.36. The summed E-state index contributed by atoms with van der Waals surface area (Å²) >= 11 is 0. The fraction of sp³-hybridized carbons (Fsp3) is 0.312. The molecule has 0 saturated heterocycles. The summed E-state index contributed by atoms with van der Waals surface area (Å²) < 4.78 is 26.4. The highest BCUT2D eigenvalue weighted by Crippen LogP contribution is 2.25. The predicted octanol–water partition coefficient (Wildman–Crippen LogP) is 4.46. The van der Waals surface area contributed by atoms with Crippen molar-refractivity contribution < 1.29 is 8.78 Å². The highest BCUT2D eigenvalue weighted by Gasteiger charge is 2.13. The second kappa shape index (κ2) is 5.57. The normalized spacial score (nSPS) is 12.3. The minimum absolute atomic E-state index is 0.0794. The summed E-state index contributed by atoms with van der Waals surface area (Å²) in [5, 5.41) is 3.12. The van der Waals surface area contributed by atoms with E-state index in [1.807, 2.05) is 33.8 Å². The molecule has 0 aliphatic carbocycles. The minimum atomic E-state index is -0.588. The number of aromatic nitrogens is 1. The highest BCUT2D eigenvalue weighted by atomic mass is 19.1. The third-order valence-corrected chi connectivity index (χ3v) is 3.26. The van der Waals surface area contributed by atoms with E-state index >= 15 is 0 Å². The van der Waals surface area contributed by atoms with Crippen molar-refractivity contribution in [3.8, 4) is 0 Å². The molecule has 2 nitrogen and oxygen atoms in total. The van der Waals surface area contributed by atoms with Crippen LogP contribution in [-0.4, -0.2) is 4.98 Å². The van der Waals surface area contributed by atoms with E-state index in [2.05, 4.69) is 10.3 Å². The van der Waals surface area contributed by atoms with Crippen LogP contribution in [0.15, 0.2) is 24.3 Å². The summed E-state index contributed by atoms with van der Waals surface area (Å²) in [6.45, 7) is 7.86. The van der Waals surface area contributed by atoms with E-state index in [9.17, 15) is 8.78 Å².